The van der Waals surface area contributed by atoms with Crippen molar-refractivity contribution in [2.75, 3.05) is 13.1 Å². The molecule has 0 aromatic carbocycles. The van der Waals surface area contributed by atoms with E-state index in [1.165, 1.54) is 6.20 Å². The molecule has 1 unspecified atom stereocenters. The molecule has 7 nitrogen and oxygen atoms in total. The number of amides is 1. The molecule has 1 aliphatic heterocycles. The Morgan fingerprint density at radius 1 is 1.59 bits per heavy atom. The standard InChI is InChI=1S/C10H14N4O3/c1-7-2-3-13(4-7)10(17)8-5-14(12-11-8)6-9(15)16/h5,7H,2-4,6H2,1H3,(H,15,16). The van der Waals surface area contributed by atoms with Crippen LogP contribution in [0.1, 0.15) is 23.8 Å². The summed E-state index contributed by atoms with van der Waals surface area (Å²) >= 11 is 0. The highest BCUT2D eigenvalue weighted by Crippen LogP contribution is 2.16. The number of carbonyl (C=O) groups is 2. The molecule has 0 bridgehead atoms. The minimum absolute atomic E-state index is 0.175. The summed E-state index contributed by atoms with van der Waals surface area (Å²) in [5, 5.41) is 15.9. The molecule has 0 radical (unpaired) electrons. The summed E-state index contributed by atoms with van der Waals surface area (Å²) in [5.74, 6) is -0.678. The maximum Gasteiger partial charge on any atom is 0.325 e. The Bertz CT molecular complexity index is 443. The van der Waals surface area contributed by atoms with Gasteiger partial charge in [0, 0.05) is 13.1 Å². The summed E-state index contributed by atoms with van der Waals surface area (Å²) in [4.78, 5) is 24.1. The van der Waals surface area contributed by atoms with E-state index < -0.39 is 5.97 Å². The summed E-state index contributed by atoms with van der Waals surface area (Å²) in [6, 6.07) is 0. The van der Waals surface area contributed by atoms with E-state index in [1.54, 1.807) is 4.90 Å². The van der Waals surface area contributed by atoms with E-state index in [-0.39, 0.29) is 18.1 Å². The number of carbonyl (C=O) groups excluding carboxylic acids is 1. The number of aromatic nitrogens is 3. The predicted octanol–water partition coefficient (Wildman–Crippen LogP) is -0.155. The third-order valence-electron chi connectivity index (χ3n) is 2.77. The first-order valence-electron chi connectivity index (χ1n) is 5.47. The van der Waals surface area contributed by atoms with E-state index >= 15 is 0 Å². The molecule has 17 heavy (non-hydrogen) atoms. The number of carboxylic acid groups (broad SMARTS) is 1. The zero-order chi connectivity index (χ0) is 12.4. The number of hydrogen-bond donors (Lipinski definition) is 1. The highest BCUT2D eigenvalue weighted by molar-refractivity contribution is 5.92. The zero-order valence-electron chi connectivity index (χ0n) is 9.54. The fourth-order valence-electron chi connectivity index (χ4n) is 1.89. The highest BCUT2D eigenvalue weighted by atomic mass is 16.4. The number of rotatable bonds is 3. The van der Waals surface area contributed by atoms with E-state index in [2.05, 4.69) is 17.2 Å². The van der Waals surface area contributed by atoms with Crippen molar-refractivity contribution < 1.29 is 14.7 Å². The second kappa shape index (κ2) is 4.52. The van der Waals surface area contributed by atoms with Crippen molar-refractivity contribution in [3.05, 3.63) is 11.9 Å². The highest BCUT2D eigenvalue weighted by Gasteiger charge is 2.26. The van der Waals surface area contributed by atoms with Gasteiger partial charge in [-0.1, -0.05) is 12.1 Å². The summed E-state index contributed by atoms with van der Waals surface area (Å²) in [6.07, 6.45) is 2.37. The first-order chi connectivity index (χ1) is 8.06. The number of aliphatic carboxylic acids is 1. The summed E-state index contributed by atoms with van der Waals surface area (Å²) in [5.41, 5.74) is 0.209. The Morgan fingerprint density at radius 3 is 2.94 bits per heavy atom. The topological polar surface area (TPSA) is 88.3 Å². The quantitative estimate of drug-likeness (QED) is 0.790. The average molecular weight is 238 g/mol. The molecule has 1 aromatic heterocycles. The van der Waals surface area contributed by atoms with Crippen LogP contribution in [-0.4, -0.2) is 50.0 Å². The van der Waals surface area contributed by atoms with Crippen LogP contribution in [0.15, 0.2) is 6.20 Å². The molecule has 92 valence electrons. The van der Waals surface area contributed by atoms with Gasteiger partial charge in [-0.2, -0.15) is 0 Å². The van der Waals surface area contributed by atoms with Crippen LogP contribution >= 0.6 is 0 Å². The van der Waals surface area contributed by atoms with Crippen molar-refractivity contribution in [2.24, 2.45) is 5.92 Å². The smallest absolute Gasteiger partial charge is 0.325 e. The Balaban J connectivity index is 2.04. The van der Waals surface area contributed by atoms with Crippen LogP contribution in [0.5, 0.6) is 0 Å². The molecule has 1 aromatic rings. The maximum absolute atomic E-state index is 12.0. The van der Waals surface area contributed by atoms with Crippen molar-refractivity contribution in [2.45, 2.75) is 19.9 Å². The second-order valence-electron chi connectivity index (χ2n) is 4.34. The van der Waals surface area contributed by atoms with Gasteiger partial charge < -0.3 is 10.0 Å². The minimum atomic E-state index is -1.01. The lowest BCUT2D eigenvalue weighted by atomic mass is 10.2. The largest absolute Gasteiger partial charge is 0.480 e. The molecule has 2 heterocycles. The Morgan fingerprint density at radius 2 is 2.35 bits per heavy atom. The van der Waals surface area contributed by atoms with Gasteiger partial charge in [-0.25, -0.2) is 4.68 Å². The van der Waals surface area contributed by atoms with Gasteiger partial charge in [0.15, 0.2) is 5.69 Å². The first kappa shape index (κ1) is 11.6. The van der Waals surface area contributed by atoms with Crippen molar-refractivity contribution in [1.29, 1.82) is 0 Å². The molecule has 1 atom stereocenters. The van der Waals surface area contributed by atoms with E-state index in [4.69, 9.17) is 5.11 Å². The Kier molecular flexibility index (Phi) is 3.08. The average Bonchev–Trinajstić information content (AvgIpc) is 2.85. The molecular formula is C10H14N4O3. The number of nitrogens with zero attached hydrogens (tertiary/aromatic N) is 4. The molecule has 1 amide bonds. The lowest BCUT2D eigenvalue weighted by Gasteiger charge is -2.13. The number of carboxylic acids is 1. The molecule has 1 N–H and O–H groups in total. The summed E-state index contributed by atoms with van der Waals surface area (Å²) < 4.78 is 1.15. The molecule has 1 saturated heterocycles. The third-order valence-corrected chi connectivity index (χ3v) is 2.77. The normalized spacial score (nSPS) is 19.6. The Labute approximate surface area is 98.0 Å². The van der Waals surface area contributed by atoms with Crippen molar-refractivity contribution in [3.8, 4) is 0 Å². The van der Waals surface area contributed by atoms with Gasteiger partial charge in [-0.05, 0) is 12.3 Å². The number of likely N-dealkylation sites (tertiary alicyclic amines) is 1. The van der Waals surface area contributed by atoms with Gasteiger partial charge in [0.25, 0.3) is 5.91 Å². The molecule has 0 aliphatic carbocycles. The fraction of sp³-hybridized carbons (Fsp3) is 0.600. The zero-order valence-corrected chi connectivity index (χ0v) is 9.54. The lowest BCUT2D eigenvalue weighted by Crippen LogP contribution is -2.28. The second-order valence-corrected chi connectivity index (χ2v) is 4.34. The summed E-state index contributed by atoms with van der Waals surface area (Å²) in [6.45, 7) is 3.27. The maximum atomic E-state index is 12.0. The van der Waals surface area contributed by atoms with Crippen LogP contribution in [0.2, 0.25) is 0 Å². The van der Waals surface area contributed by atoms with Crippen molar-refractivity contribution >= 4 is 11.9 Å². The van der Waals surface area contributed by atoms with E-state index in [1.807, 2.05) is 0 Å². The van der Waals surface area contributed by atoms with Crippen LogP contribution in [0.25, 0.3) is 0 Å². The molecule has 1 fully saturated rings. The minimum Gasteiger partial charge on any atom is -0.480 e. The van der Waals surface area contributed by atoms with E-state index in [0.717, 1.165) is 24.2 Å². The van der Waals surface area contributed by atoms with Gasteiger partial charge >= 0.3 is 5.97 Å². The van der Waals surface area contributed by atoms with Crippen molar-refractivity contribution in [1.82, 2.24) is 19.9 Å². The van der Waals surface area contributed by atoms with Crippen molar-refractivity contribution in [3.63, 3.8) is 0 Å². The van der Waals surface area contributed by atoms with Gasteiger partial charge in [0.2, 0.25) is 0 Å². The van der Waals surface area contributed by atoms with Crippen LogP contribution in [0, 0.1) is 5.92 Å². The van der Waals surface area contributed by atoms with Gasteiger partial charge in [-0.15, -0.1) is 5.10 Å². The van der Waals surface area contributed by atoms with Crippen LogP contribution < -0.4 is 0 Å². The van der Waals surface area contributed by atoms with Gasteiger partial charge in [0.1, 0.15) is 6.54 Å². The van der Waals surface area contributed by atoms with Crippen LogP contribution in [0.4, 0.5) is 0 Å². The summed E-state index contributed by atoms with van der Waals surface area (Å²) in [7, 11) is 0. The number of hydrogen-bond acceptors (Lipinski definition) is 4. The first-order valence-corrected chi connectivity index (χ1v) is 5.47. The van der Waals surface area contributed by atoms with Crippen LogP contribution in [-0.2, 0) is 11.3 Å². The van der Waals surface area contributed by atoms with Gasteiger partial charge in [-0.3, -0.25) is 9.59 Å². The lowest BCUT2D eigenvalue weighted by molar-refractivity contribution is -0.137. The van der Waals surface area contributed by atoms with E-state index in [0.29, 0.717) is 5.92 Å². The molecule has 7 heteroatoms. The SMILES string of the molecule is CC1CCN(C(=O)c2cn(CC(=O)O)nn2)C1. The molecule has 0 spiro atoms. The molecule has 2 rings (SSSR count). The predicted molar refractivity (Wildman–Crippen MR) is 57.3 cm³/mol. The third kappa shape index (κ3) is 2.61. The fourth-order valence-corrected chi connectivity index (χ4v) is 1.89. The van der Waals surface area contributed by atoms with Gasteiger partial charge in [0.05, 0.1) is 6.20 Å². The molecule has 1 aliphatic rings. The molecule has 0 saturated carbocycles. The monoisotopic (exact) mass is 238 g/mol. The Hall–Kier alpha value is -1.92. The van der Waals surface area contributed by atoms with E-state index in [9.17, 15) is 9.59 Å². The molecular weight excluding hydrogens is 224 g/mol. The van der Waals surface area contributed by atoms with Crippen LogP contribution in [0.3, 0.4) is 0 Å².